The van der Waals surface area contributed by atoms with Crippen molar-refractivity contribution in [1.82, 2.24) is 9.97 Å². The van der Waals surface area contributed by atoms with Gasteiger partial charge >= 0.3 is 0 Å². The number of nitrogens with zero attached hydrogens (tertiary/aromatic N) is 3. The number of anilines is 4. The normalized spacial score (nSPS) is 10.0. The molecule has 1 aromatic heterocycles. The molecule has 3 rings (SSSR count). The molecule has 0 bridgehead atoms. The minimum atomic E-state index is 0.569. The summed E-state index contributed by atoms with van der Waals surface area (Å²) in [7, 11) is 0. The second kappa shape index (κ2) is 6.80. The van der Waals surface area contributed by atoms with Crippen molar-refractivity contribution in [2.75, 3.05) is 10.6 Å². The van der Waals surface area contributed by atoms with Crippen molar-refractivity contribution in [2.24, 2.45) is 0 Å². The van der Waals surface area contributed by atoms with Gasteiger partial charge in [0.25, 0.3) is 0 Å². The fourth-order valence-corrected chi connectivity index (χ4v) is 2.52. The number of para-hydroxylation sites is 1. The fraction of sp³-hybridized carbons (Fsp3) is 0.105. The Kier molecular flexibility index (Phi) is 4.39. The third kappa shape index (κ3) is 3.68. The number of hydrogen-bond acceptors (Lipinski definition) is 5. The molecular formula is C19H17N5. The van der Waals surface area contributed by atoms with Crippen LogP contribution in [0, 0.1) is 25.2 Å². The highest BCUT2D eigenvalue weighted by Crippen LogP contribution is 2.22. The predicted octanol–water partition coefficient (Wildman–Crippen LogP) is 4.45. The first-order valence-electron chi connectivity index (χ1n) is 7.57. The molecule has 0 unspecified atom stereocenters. The highest BCUT2D eigenvalue weighted by Gasteiger charge is 2.04. The lowest BCUT2D eigenvalue weighted by Crippen LogP contribution is -2.00. The minimum Gasteiger partial charge on any atom is -0.340 e. The lowest BCUT2D eigenvalue weighted by atomic mass is 10.1. The van der Waals surface area contributed by atoms with Crippen LogP contribution in [0.25, 0.3) is 0 Å². The van der Waals surface area contributed by atoms with Crippen LogP contribution in [0.3, 0.4) is 0 Å². The molecule has 0 atom stereocenters. The summed E-state index contributed by atoms with van der Waals surface area (Å²) in [6.07, 6.45) is 1.49. The zero-order valence-corrected chi connectivity index (χ0v) is 13.5. The molecule has 118 valence electrons. The maximum atomic E-state index is 9.16. The molecule has 0 saturated carbocycles. The maximum absolute atomic E-state index is 9.16. The van der Waals surface area contributed by atoms with Crippen LogP contribution in [0.1, 0.15) is 16.7 Å². The van der Waals surface area contributed by atoms with Gasteiger partial charge in [-0.05, 0) is 49.2 Å². The van der Waals surface area contributed by atoms with Gasteiger partial charge in [0, 0.05) is 11.8 Å². The van der Waals surface area contributed by atoms with Crippen molar-refractivity contribution < 1.29 is 0 Å². The van der Waals surface area contributed by atoms with Crippen molar-refractivity contribution in [3.8, 4) is 6.07 Å². The first-order chi connectivity index (χ1) is 11.6. The fourth-order valence-electron chi connectivity index (χ4n) is 2.52. The van der Waals surface area contributed by atoms with Crippen molar-refractivity contribution >= 4 is 23.0 Å². The van der Waals surface area contributed by atoms with Gasteiger partial charge < -0.3 is 10.6 Å². The topological polar surface area (TPSA) is 73.6 Å². The molecule has 0 saturated heterocycles. The molecular weight excluding hydrogens is 298 g/mol. The van der Waals surface area contributed by atoms with Gasteiger partial charge in [0.1, 0.15) is 24.0 Å². The smallest absolute Gasteiger partial charge is 0.135 e. The SMILES string of the molecule is Cc1cc(C)cc(Nc2cc(Nc3ccccc3C#N)ncn2)c1. The summed E-state index contributed by atoms with van der Waals surface area (Å²) in [5.41, 5.74) is 4.64. The van der Waals surface area contributed by atoms with Gasteiger partial charge in [0.15, 0.2) is 0 Å². The quantitative estimate of drug-likeness (QED) is 0.744. The lowest BCUT2D eigenvalue weighted by Gasteiger charge is -2.10. The van der Waals surface area contributed by atoms with Gasteiger partial charge in [-0.25, -0.2) is 9.97 Å². The van der Waals surface area contributed by atoms with Gasteiger partial charge in [-0.1, -0.05) is 18.2 Å². The van der Waals surface area contributed by atoms with Crippen molar-refractivity contribution in [3.05, 3.63) is 71.5 Å². The van der Waals surface area contributed by atoms with Crippen LogP contribution < -0.4 is 10.6 Å². The van der Waals surface area contributed by atoms with E-state index in [1.54, 1.807) is 6.07 Å². The number of rotatable bonds is 4. The highest BCUT2D eigenvalue weighted by atomic mass is 15.1. The van der Waals surface area contributed by atoms with E-state index in [1.165, 1.54) is 17.5 Å². The molecule has 1 heterocycles. The second-order valence-electron chi connectivity index (χ2n) is 5.57. The van der Waals surface area contributed by atoms with Crippen LogP contribution in [0.5, 0.6) is 0 Å². The molecule has 0 fully saturated rings. The average Bonchev–Trinajstić information content (AvgIpc) is 2.55. The van der Waals surface area contributed by atoms with E-state index < -0.39 is 0 Å². The number of hydrogen-bond donors (Lipinski definition) is 2. The molecule has 0 amide bonds. The Morgan fingerprint density at radius 1 is 0.875 bits per heavy atom. The van der Waals surface area contributed by atoms with Crippen LogP contribution in [-0.4, -0.2) is 9.97 Å². The second-order valence-corrected chi connectivity index (χ2v) is 5.57. The van der Waals surface area contributed by atoms with Gasteiger partial charge in [0.05, 0.1) is 11.3 Å². The Labute approximate surface area is 141 Å². The van der Waals surface area contributed by atoms with E-state index in [-0.39, 0.29) is 0 Å². The van der Waals surface area contributed by atoms with Gasteiger partial charge in [-0.2, -0.15) is 5.26 Å². The van der Waals surface area contributed by atoms with Gasteiger partial charge in [0.2, 0.25) is 0 Å². The van der Waals surface area contributed by atoms with Crippen LogP contribution >= 0.6 is 0 Å². The summed E-state index contributed by atoms with van der Waals surface area (Å²) < 4.78 is 0. The highest BCUT2D eigenvalue weighted by molar-refractivity contribution is 5.67. The van der Waals surface area contributed by atoms with Gasteiger partial charge in [-0.15, -0.1) is 0 Å². The van der Waals surface area contributed by atoms with E-state index >= 15 is 0 Å². The summed E-state index contributed by atoms with van der Waals surface area (Å²) in [4.78, 5) is 8.47. The van der Waals surface area contributed by atoms with Crippen molar-refractivity contribution in [2.45, 2.75) is 13.8 Å². The molecule has 0 spiro atoms. The molecule has 0 aliphatic heterocycles. The summed E-state index contributed by atoms with van der Waals surface area (Å²) in [5, 5.41) is 15.6. The summed E-state index contributed by atoms with van der Waals surface area (Å²) in [6, 6.07) is 17.5. The van der Waals surface area contributed by atoms with Crippen molar-refractivity contribution in [3.63, 3.8) is 0 Å². The molecule has 0 aliphatic rings. The largest absolute Gasteiger partial charge is 0.340 e. The van der Waals surface area contributed by atoms with Crippen LogP contribution in [0.2, 0.25) is 0 Å². The molecule has 0 radical (unpaired) electrons. The molecule has 5 nitrogen and oxygen atoms in total. The molecule has 0 aliphatic carbocycles. The third-order valence-corrected chi connectivity index (χ3v) is 3.47. The number of benzene rings is 2. The van der Waals surface area contributed by atoms with E-state index in [0.717, 1.165) is 11.4 Å². The summed E-state index contributed by atoms with van der Waals surface area (Å²) >= 11 is 0. The molecule has 5 heteroatoms. The summed E-state index contributed by atoms with van der Waals surface area (Å²) in [5.74, 6) is 1.31. The Morgan fingerprint density at radius 3 is 2.25 bits per heavy atom. The monoisotopic (exact) mass is 315 g/mol. The van der Waals surface area contributed by atoms with E-state index in [4.69, 9.17) is 5.26 Å². The van der Waals surface area contributed by atoms with Gasteiger partial charge in [-0.3, -0.25) is 0 Å². The standard InChI is InChI=1S/C19H17N5/c1-13-7-14(2)9-16(8-13)23-18-10-19(22-12-21-18)24-17-6-4-3-5-15(17)11-20/h3-10,12H,1-2H3,(H2,21,22,23,24). The Hall–Kier alpha value is -3.39. The predicted molar refractivity (Wildman–Crippen MR) is 95.7 cm³/mol. The molecule has 3 aromatic rings. The molecule has 2 N–H and O–H groups in total. The molecule has 24 heavy (non-hydrogen) atoms. The zero-order chi connectivity index (χ0) is 16.9. The van der Waals surface area contributed by atoms with Crippen molar-refractivity contribution in [1.29, 1.82) is 5.26 Å². The first-order valence-corrected chi connectivity index (χ1v) is 7.57. The third-order valence-electron chi connectivity index (χ3n) is 3.47. The number of nitriles is 1. The van der Waals surface area contributed by atoms with E-state index in [1.807, 2.05) is 24.3 Å². The van der Waals surface area contributed by atoms with Crippen LogP contribution in [0.4, 0.5) is 23.0 Å². The number of nitrogens with one attached hydrogen (secondary N) is 2. The first kappa shape index (κ1) is 15.5. The zero-order valence-electron chi connectivity index (χ0n) is 13.5. The Morgan fingerprint density at radius 2 is 1.54 bits per heavy atom. The molecule has 2 aromatic carbocycles. The van der Waals surface area contributed by atoms with E-state index in [2.05, 4.69) is 58.7 Å². The van der Waals surface area contributed by atoms with E-state index in [0.29, 0.717) is 17.2 Å². The number of aromatic nitrogens is 2. The minimum absolute atomic E-state index is 0.569. The van der Waals surface area contributed by atoms with Crippen LogP contribution in [-0.2, 0) is 0 Å². The van der Waals surface area contributed by atoms with E-state index in [9.17, 15) is 0 Å². The van der Waals surface area contributed by atoms with Crippen LogP contribution in [0.15, 0.2) is 54.9 Å². The number of aryl methyl sites for hydroxylation is 2. The Balaban J connectivity index is 1.83. The maximum Gasteiger partial charge on any atom is 0.135 e. The lowest BCUT2D eigenvalue weighted by molar-refractivity contribution is 1.16. The average molecular weight is 315 g/mol. The summed E-state index contributed by atoms with van der Waals surface area (Å²) in [6.45, 7) is 4.12. The Bertz CT molecular complexity index is 891.